The third-order valence-electron chi connectivity index (χ3n) is 9.04. The smallest absolute Gasteiger partial charge is 0.219 e. The van der Waals surface area contributed by atoms with Gasteiger partial charge < -0.3 is 9.67 Å². The van der Waals surface area contributed by atoms with Gasteiger partial charge in [0.2, 0.25) is 11.5 Å². The standard InChI is InChI=1S/C38H40N2O2/c1-9-27-13-17-29(18-14-27)21-39-25(7)31(11-3)23(5)35(39)33-37(41)34(38(33)42)36-24(6)32(12-4)26(8)40(36)22-30-19-15-28(10-2)16-20-30/h9-10,13-20H,1-2,11-12,21-22H2,3-8H3. The van der Waals surface area contributed by atoms with Gasteiger partial charge in [-0.25, -0.2) is 0 Å². The highest BCUT2D eigenvalue weighted by Gasteiger charge is 2.42. The molecule has 1 aliphatic carbocycles. The fourth-order valence-electron chi connectivity index (χ4n) is 6.68. The van der Waals surface area contributed by atoms with E-state index in [2.05, 4.69) is 74.3 Å². The van der Waals surface area contributed by atoms with Crippen LogP contribution in [0.4, 0.5) is 0 Å². The van der Waals surface area contributed by atoms with Crippen LogP contribution in [0.5, 0.6) is 0 Å². The van der Waals surface area contributed by atoms with Crippen molar-refractivity contribution in [2.75, 3.05) is 0 Å². The first kappa shape index (κ1) is 29.1. The number of nitrogens with zero attached hydrogens (tertiary/aromatic N) is 2. The van der Waals surface area contributed by atoms with Crippen molar-refractivity contribution in [3.63, 3.8) is 0 Å². The summed E-state index contributed by atoms with van der Waals surface area (Å²) in [5.41, 5.74) is 13.1. The molecule has 0 saturated heterocycles. The number of hydrogen-bond acceptors (Lipinski definition) is 2. The lowest BCUT2D eigenvalue weighted by atomic mass is 9.81. The largest absolute Gasteiger partial charge is 0.871 e. The van der Waals surface area contributed by atoms with E-state index >= 15 is 0 Å². The summed E-state index contributed by atoms with van der Waals surface area (Å²) in [6.45, 7) is 21.4. The van der Waals surface area contributed by atoms with E-state index in [4.69, 9.17) is 0 Å². The van der Waals surface area contributed by atoms with Gasteiger partial charge in [0.15, 0.2) is 12.3 Å². The van der Waals surface area contributed by atoms with Crippen LogP contribution in [0.1, 0.15) is 78.9 Å². The van der Waals surface area contributed by atoms with Crippen LogP contribution in [-0.2, 0) is 24.3 Å². The lowest BCUT2D eigenvalue weighted by Crippen LogP contribution is -2.33. The van der Waals surface area contributed by atoms with E-state index in [1.165, 1.54) is 11.1 Å². The van der Waals surface area contributed by atoms with Crippen LogP contribution < -0.4 is 5.11 Å². The van der Waals surface area contributed by atoms with Crippen molar-refractivity contribution in [3.05, 3.63) is 135 Å². The van der Waals surface area contributed by atoms with Crippen LogP contribution in [0.2, 0.25) is 0 Å². The van der Waals surface area contributed by atoms with Gasteiger partial charge in [-0.15, -0.1) is 0 Å². The minimum absolute atomic E-state index is 0.155. The molecule has 0 unspecified atom stereocenters. The predicted octanol–water partition coefficient (Wildman–Crippen LogP) is 7.32. The van der Waals surface area contributed by atoms with E-state index in [0.717, 1.165) is 69.0 Å². The van der Waals surface area contributed by atoms with Gasteiger partial charge in [-0.3, -0.25) is 4.79 Å². The third kappa shape index (κ3) is 4.65. The molecule has 42 heavy (non-hydrogen) atoms. The molecule has 0 N–H and O–H groups in total. The number of hydrogen-bond donors (Lipinski definition) is 0. The van der Waals surface area contributed by atoms with Crippen LogP contribution in [-0.4, -0.2) is 20.6 Å². The van der Waals surface area contributed by atoms with Gasteiger partial charge in [0.05, 0.1) is 11.3 Å². The first-order valence-corrected chi connectivity index (χ1v) is 14.8. The lowest BCUT2D eigenvalue weighted by Gasteiger charge is -2.32. The monoisotopic (exact) mass is 556 g/mol. The predicted molar refractivity (Wildman–Crippen MR) is 172 cm³/mol. The van der Waals surface area contributed by atoms with E-state index in [0.29, 0.717) is 24.2 Å². The molecule has 2 aromatic carbocycles. The average molecular weight is 557 g/mol. The van der Waals surface area contributed by atoms with Crippen LogP contribution >= 0.6 is 0 Å². The van der Waals surface area contributed by atoms with Crippen LogP contribution in [0, 0.1) is 13.8 Å². The minimum atomic E-state index is -0.155. The number of benzene rings is 2. The molecular formula is C38H40N2O2. The molecule has 0 atom stereocenters. The van der Waals surface area contributed by atoms with Crippen molar-refractivity contribution in [2.24, 2.45) is 0 Å². The van der Waals surface area contributed by atoms with Crippen molar-refractivity contribution in [2.45, 2.75) is 67.5 Å². The van der Waals surface area contributed by atoms with Crippen molar-refractivity contribution >= 4 is 29.2 Å². The van der Waals surface area contributed by atoms with Gasteiger partial charge in [-0.1, -0.05) is 93.4 Å². The molecule has 0 amide bonds. The van der Waals surface area contributed by atoms with Gasteiger partial charge in [-0.05, 0) is 61.4 Å². The maximum absolute atomic E-state index is 14.1. The van der Waals surface area contributed by atoms with Crippen molar-refractivity contribution < 1.29 is 14.5 Å². The second-order valence-electron chi connectivity index (χ2n) is 11.3. The zero-order valence-corrected chi connectivity index (χ0v) is 25.7. The number of carbonyl (C=O) groups excluding carboxylic acids is 1. The Hall–Kier alpha value is -4.44. The molecule has 0 fully saturated rings. The number of Topliss-reactive ketones (excluding diaryl/α,β-unsaturated/α-hetero) is 1. The summed E-state index contributed by atoms with van der Waals surface area (Å²) >= 11 is 0. The minimum Gasteiger partial charge on any atom is -0.871 e. The number of aromatic nitrogens is 1. The Morgan fingerprint density at radius 2 is 1.40 bits per heavy atom. The van der Waals surface area contributed by atoms with Gasteiger partial charge in [0.1, 0.15) is 0 Å². The Morgan fingerprint density at radius 3 is 1.90 bits per heavy atom. The highest BCUT2D eigenvalue weighted by atomic mass is 16.3. The van der Waals surface area contributed by atoms with E-state index in [1.54, 1.807) is 0 Å². The summed E-state index contributed by atoms with van der Waals surface area (Å²) in [5, 5.41) is 14.1. The summed E-state index contributed by atoms with van der Waals surface area (Å²) in [6, 6.07) is 16.5. The van der Waals surface area contributed by atoms with Crippen LogP contribution in [0.15, 0.2) is 89.9 Å². The number of ketones is 1. The summed E-state index contributed by atoms with van der Waals surface area (Å²) in [5.74, 6) is -0.309. The summed E-state index contributed by atoms with van der Waals surface area (Å²) in [6.07, 6.45) is 5.33. The van der Waals surface area contributed by atoms with Gasteiger partial charge in [0.25, 0.3) is 0 Å². The molecule has 5 rings (SSSR count). The molecule has 4 heteroatoms. The maximum Gasteiger partial charge on any atom is 0.219 e. The van der Waals surface area contributed by atoms with Crippen LogP contribution in [0.3, 0.4) is 0 Å². The fraction of sp³-hybridized carbons (Fsp3) is 0.263. The van der Waals surface area contributed by atoms with E-state index < -0.39 is 0 Å². The molecule has 4 nitrogen and oxygen atoms in total. The van der Waals surface area contributed by atoms with Gasteiger partial charge in [0, 0.05) is 41.4 Å². The zero-order chi connectivity index (χ0) is 30.3. The molecule has 0 radical (unpaired) electrons. The molecule has 3 aromatic rings. The molecule has 0 spiro atoms. The lowest BCUT2D eigenvalue weighted by molar-refractivity contribution is -0.488. The summed E-state index contributed by atoms with van der Waals surface area (Å²) in [7, 11) is 0. The molecule has 0 bridgehead atoms. The van der Waals surface area contributed by atoms with Crippen molar-refractivity contribution in [3.8, 4) is 0 Å². The number of carbonyl (C=O) groups is 1. The second kappa shape index (κ2) is 11.4. The second-order valence-corrected chi connectivity index (χ2v) is 11.3. The van der Waals surface area contributed by atoms with Crippen molar-refractivity contribution in [1.82, 2.24) is 4.57 Å². The molecule has 214 valence electrons. The average Bonchev–Trinajstić information content (AvgIpc) is 3.36. The Morgan fingerprint density at radius 1 is 0.833 bits per heavy atom. The summed E-state index contributed by atoms with van der Waals surface area (Å²) in [4.78, 5) is 14.1. The zero-order valence-electron chi connectivity index (χ0n) is 25.7. The first-order valence-electron chi connectivity index (χ1n) is 14.8. The topological polar surface area (TPSA) is 48.1 Å². The van der Waals surface area contributed by atoms with E-state index in [9.17, 15) is 9.90 Å². The first-order chi connectivity index (χ1) is 20.2. The maximum atomic E-state index is 14.1. The highest BCUT2D eigenvalue weighted by Crippen LogP contribution is 2.43. The molecular weight excluding hydrogens is 516 g/mol. The Kier molecular flexibility index (Phi) is 7.92. The highest BCUT2D eigenvalue weighted by molar-refractivity contribution is 6.39. The molecule has 2 heterocycles. The molecule has 0 saturated carbocycles. The fourth-order valence-corrected chi connectivity index (χ4v) is 6.68. The van der Waals surface area contributed by atoms with Gasteiger partial charge >= 0.3 is 0 Å². The molecule has 2 aliphatic rings. The van der Waals surface area contributed by atoms with Crippen molar-refractivity contribution in [1.29, 1.82) is 0 Å². The normalized spacial score (nSPS) is 17.0. The quantitative estimate of drug-likeness (QED) is 0.205. The Balaban J connectivity index is 1.64. The number of allylic oxidation sites excluding steroid dienone is 4. The summed E-state index contributed by atoms with van der Waals surface area (Å²) < 4.78 is 4.32. The van der Waals surface area contributed by atoms with E-state index in [1.807, 2.05) is 50.3 Å². The van der Waals surface area contributed by atoms with Crippen LogP contribution in [0.25, 0.3) is 17.7 Å². The van der Waals surface area contributed by atoms with Gasteiger partial charge in [-0.2, -0.15) is 4.58 Å². The Bertz CT molecular complexity index is 1750. The van der Waals surface area contributed by atoms with E-state index in [-0.39, 0.29) is 11.5 Å². The SMILES string of the molecule is C=Cc1ccc(Cn2c(C)c(CC)c(C)c2C2=C([O-])/C(=C3/C(C)=C(CC)C(C)=[N+]3Cc3ccc(C=C)cc3)C2=O)cc1. The molecule has 1 aliphatic heterocycles. The third-order valence-corrected chi connectivity index (χ3v) is 9.04. The number of rotatable bonds is 9. The molecule has 1 aromatic heterocycles. The Labute approximate surface area is 250 Å².